The number of hydrogen-bond acceptors (Lipinski definition) is 6. The smallest absolute Gasteiger partial charge is 0.261 e. The molecular formula is C13H16N4O2. The highest BCUT2D eigenvalue weighted by Crippen LogP contribution is 2.36. The molecule has 0 atom stereocenters. The van der Waals surface area contributed by atoms with Crippen molar-refractivity contribution in [1.82, 2.24) is 15.1 Å². The fourth-order valence-electron chi connectivity index (χ4n) is 2.48. The topological polar surface area (TPSA) is 87.1 Å². The standard InChI is InChI=1S/C13H16N4O2/c1-18-10-8-15-7-4-9(10)11-16-12(17-19-11)13(14)5-2-3-6-13/h4,7-8H,2-3,5-6,14H2,1H3. The van der Waals surface area contributed by atoms with E-state index in [0.717, 1.165) is 31.2 Å². The summed E-state index contributed by atoms with van der Waals surface area (Å²) in [5, 5.41) is 4.03. The van der Waals surface area contributed by atoms with Crippen LogP contribution >= 0.6 is 0 Å². The third-order valence-electron chi connectivity index (χ3n) is 3.60. The predicted octanol–water partition coefficient (Wildman–Crippen LogP) is 1.87. The van der Waals surface area contributed by atoms with Gasteiger partial charge in [-0.3, -0.25) is 4.98 Å². The number of pyridine rings is 1. The first-order chi connectivity index (χ1) is 9.23. The Labute approximate surface area is 111 Å². The van der Waals surface area contributed by atoms with Crippen LogP contribution in [0.2, 0.25) is 0 Å². The molecular weight excluding hydrogens is 244 g/mol. The lowest BCUT2D eigenvalue weighted by molar-refractivity contribution is 0.370. The van der Waals surface area contributed by atoms with Crippen LogP contribution in [-0.4, -0.2) is 22.2 Å². The normalized spacial score (nSPS) is 17.6. The molecule has 0 bridgehead atoms. The molecule has 2 aromatic rings. The molecule has 1 saturated carbocycles. The molecule has 100 valence electrons. The summed E-state index contributed by atoms with van der Waals surface area (Å²) in [6, 6.07) is 1.79. The van der Waals surface area contributed by atoms with Crippen LogP contribution in [0.3, 0.4) is 0 Å². The van der Waals surface area contributed by atoms with E-state index in [-0.39, 0.29) is 0 Å². The Hall–Kier alpha value is -1.95. The Balaban J connectivity index is 1.97. The van der Waals surface area contributed by atoms with Gasteiger partial charge in [0, 0.05) is 6.20 Å². The average Bonchev–Trinajstić information content (AvgIpc) is 3.08. The molecule has 1 fully saturated rings. The molecule has 0 unspecified atom stereocenters. The van der Waals surface area contributed by atoms with Gasteiger partial charge in [-0.1, -0.05) is 18.0 Å². The van der Waals surface area contributed by atoms with E-state index in [1.54, 1.807) is 25.6 Å². The van der Waals surface area contributed by atoms with Gasteiger partial charge in [0.05, 0.1) is 24.4 Å². The van der Waals surface area contributed by atoms with Crippen molar-refractivity contribution in [1.29, 1.82) is 0 Å². The fourth-order valence-corrected chi connectivity index (χ4v) is 2.48. The van der Waals surface area contributed by atoms with E-state index in [4.69, 9.17) is 15.0 Å². The fraction of sp³-hybridized carbons (Fsp3) is 0.462. The molecule has 0 spiro atoms. The maximum absolute atomic E-state index is 6.31. The predicted molar refractivity (Wildman–Crippen MR) is 68.4 cm³/mol. The van der Waals surface area contributed by atoms with Gasteiger partial charge < -0.3 is 15.0 Å². The van der Waals surface area contributed by atoms with Gasteiger partial charge in [0.15, 0.2) is 5.82 Å². The van der Waals surface area contributed by atoms with Crippen molar-refractivity contribution < 1.29 is 9.26 Å². The molecule has 2 aromatic heterocycles. The first kappa shape index (κ1) is 12.1. The first-order valence-electron chi connectivity index (χ1n) is 6.34. The number of ether oxygens (including phenoxy) is 1. The van der Waals surface area contributed by atoms with Crippen LogP contribution < -0.4 is 10.5 Å². The first-order valence-corrected chi connectivity index (χ1v) is 6.34. The van der Waals surface area contributed by atoms with E-state index in [2.05, 4.69) is 15.1 Å². The number of rotatable bonds is 3. The van der Waals surface area contributed by atoms with Crippen molar-refractivity contribution in [2.75, 3.05) is 7.11 Å². The summed E-state index contributed by atoms with van der Waals surface area (Å²) in [5.74, 6) is 1.61. The van der Waals surface area contributed by atoms with Gasteiger partial charge in [-0.25, -0.2) is 0 Å². The van der Waals surface area contributed by atoms with Gasteiger partial charge in [-0.15, -0.1) is 0 Å². The molecule has 3 rings (SSSR count). The number of hydrogen-bond donors (Lipinski definition) is 1. The lowest BCUT2D eigenvalue weighted by Crippen LogP contribution is -2.34. The van der Waals surface area contributed by atoms with Crippen molar-refractivity contribution in [2.24, 2.45) is 5.73 Å². The van der Waals surface area contributed by atoms with Gasteiger partial charge in [-0.2, -0.15) is 4.98 Å². The molecule has 0 saturated heterocycles. The number of aromatic nitrogens is 3. The second-order valence-electron chi connectivity index (χ2n) is 4.86. The maximum Gasteiger partial charge on any atom is 0.261 e. The second-order valence-corrected chi connectivity index (χ2v) is 4.86. The van der Waals surface area contributed by atoms with Crippen LogP contribution in [0.25, 0.3) is 11.5 Å². The molecule has 6 heteroatoms. The minimum atomic E-state index is -0.442. The second kappa shape index (κ2) is 4.62. The third-order valence-corrected chi connectivity index (χ3v) is 3.60. The van der Waals surface area contributed by atoms with E-state index in [0.29, 0.717) is 17.5 Å². The van der Waals surface area contributed by atoms with E-state index in [1.807, 2.05) is 0 Å². The Kier molecular flexibility index (Phi) is 2.94. The zero-order valence-electron chi connectivity index (χ0n) is 10.8. The molecule has 2 heterocycles. The molecule has 0 amide bonds. The van der Waals surface area contributed by atoms with Gasteiger partial charge in [0.2, 0.25) is 0 Å². The molecule has 6 nitrogen and oxygen atoms in total. The Morgan fingerprint density at radius 1 is 1.37 bits per heavy atom. The van der Waals surface area contributed by atoms with E-state index in [1.165, 1.54) is 0 Å². The molecule has 0 aliphatic heterocycles. The lowest BCUT2D eigenvalue weighted by Gasteiger charge is -2.17. The van der Waals surface area contributed by atoms with Crippen LogP contribution in [0.4, 0.5) is 0 Å². The van der Waals surface area contributed by atoms with E-state index >= 15 is 0 Å². The van der Waals surface area contributed by atoms with Gasteiger partial charge in [-0.05, 0) is 18.9 Å². The maximum atomic E-state index is 6.31. The average molecular weight is 260 g/mol. The van der Waals surface area contributed by atoms with Crippen LogP contribution in [0.15, 0.2) is 23.0 Å². The minimum absolute atomic E-state index is 0.422. The Morgan fingerprint density at radius 3 is 2.89 bits per heavy atom. The van der Waals surface area contributed by atoms with E-state index in [9.17, 15) is 0 Å². The summed E-state index contributed by atoms with van der Waals surface area (Å²) in [4.78, 5) is 8.43. The summed E-state index contributed by atoms with van der Waals surface area (Å²) >= 11 is 0. The zero-order chi connectivity index (χ0) is 13.3. The van der Waals surface area contributed by atoms with E-state index < -0.39 is 5.54 Å². The molecule has 0 radical (unpaired) electrons. The minimum Gasteiger partial charge on any atom is -0.494 e. The molecule has 0 aromatic carbocycles. The van der Waals surface area contributed by atoms with Crippen LogP contribution in [0.5, 0.6) is 5.75 Å². The third kappa shape index (κ3) is 2.08. The molecule has 1 aliphatic rings. The quantitative estimate of drug-likeness (QED) is 0.906. The van der Waals surface area contributed by atoms with Crippen molar-refractivity contribution in [3.8, 4) is 17.2 Å². The molecule has 1 aliphatic carbocycles. The summed E-state index contributed by atoms with van der Waals surface area (Å²) in [7, 11) is 1.58. The Morgan fingerprint density at radius 2 is 2.16 bits per heavy atom. The highest BCUT2D eigenvalue weighted by molar-refractivity contribution is 5.61. The van der Waals surface area contributed by atoms with Crippen molar-refractivity contribution >= 4 is 0 Å². The number of methoxy groups -OCH3 is 1. The van der Waals surface area contributed by atoms with Crippen LogP contribution in [-0.2, 0) is 5.54 Å². The van der Waals surface area contributed by atoms with Gasteiger partial charge in [0.1, 0.15) is 5.75 Å². The lowest BCUT2D eigenvalue weighted by atomic mass is 9.99. The summed E-state index contributed by atoms with van der Waals surface area (Å²) < 4.78 is 10.6. The Bertz CT molecular complexity index is 576. The highest BCUT2D eigenvalue weighted by Gasteiger charge is 2.36. The SMILES string of the molecule is COc1cnccc1-c1nc(C2(N)CCCC2)no1. The summed E-state index contributed by atoms with van der Waals surface area (Å²) in [5.41, 5.74) is 6.61. The van der Waals surface area contributed by atoms with Crippen LogP contribution in [0, 0.1) is 0 Å². The molecule has 2 N–H and O–H groups in total. The molecule has 19 heavy (non-hydrogen) atoms. The number of nitrogens with zero attached hydrogens (tertiary/aromatic N) is 3. The van der Waals surface area contributed by atoms with Gasteiger partial charge >= 0.3 is 0 Å². The van der Waals surface area contributed by atoms with Gasteiger partial charge in [0.25, 0.3) is 5.89 Å². The van der Waals surface area contributed by atoms with Crippen molar-refractivity contribution in [3.05, 3.63) is 24.3 Å². The van der Waals surface area contributed by atoms with Crippen LogP contribution in [0.1, 0.15) is 31.5 Å². The largest absolute Gasteiger partial charge is 0.494 e. The summed E-state index contributed by atoms with van der Waals surface area (Å²) in [6.07, 6.45) is 7.30. The highest BCUT2D eigenvalue weighted by atomic mass is 16.5. The zero-order valence-corrected chi connectivity index (χ0v) is 10.8. The summed E-state index contributed by atoms with van der Waals surface area (Å²) in [6.45, 7) is 0. The van der Waals surface area contributed by atoms with Crippen molar-refractivity contribution in [2.45, 2.75) is 31.2 Å². The monoisotopic (exact) mass is 260 g/mol. The number of nitrogens with two attached hydrogens (primary N) is 1. The van der Waals surface area contributed by atoms with Crippen molar-refractivity contribution in [3.63, 3.8) is 0 Å².